The van der Waals surface area contributed by atoms with E-state index in [2.05, 4.69) is 0 Å². The summed E-state index contributed by atoms with van der Waals surface area (Å²) in [5.41, 5.74) is 12.6. The standard InChI is InChI=1S/C12H15N3O2/c13-10-2-1-8(7-11(10)14)12(17)15-5-3-9(16)4-6-15/h1-2,7H,3-6,13-14H2. The second kappa shape index (κ2) is 4.45. The minimum Gasteiger partial charge on any atom is -0.397 e. The molecule has 1 fully saturated rings. The number of likely N-dealkylation sites (tertiary alicyclic amines) is 1. The van der Waals surface area contributed by atoms with Crippen molar-refractivity contribution in [1.82, 2.24) is 4.90 Å². The Kier molecular flexibility index (Phi) is 2.99. The van der Waals surface area contributed by atoms with Gasteiger partial charge in [0.1, 0.15) is 5.78 Å². The van der Waals surface area contributed by atoms with Gasteiger partial charge in [-0.2, -0.15) is 0 Å². The van der Waals surface area contributed by atoms with Crippen LogP contribution in [-0.4, -0.2) is 29.7 Å². The van der Waals surface area contributed by atoms with E-state index >= 15 is 0 Å². The molecular formula is C12H15N3O2. The van der Waals surface area contributed by atoms with Crippen molar-refractivity contribution in [3.05, 3.63) is 23.8 Å². The molecule has 90 valence electrons. The van der Waals surface area contributed by atoms with Gasteiger partial charge in [-0.05, 0) is 18.2 Å². The Morgan fingerprint density at radius 1 is 1.12 bits per heavy atom. The molecule has 0 bridgehead atoms. The highest BCUT2D eigenvalue weighted by Gasteiger charge is 2.21. The zero-order chi connectivity index (χ0) is 12.4. The van der Waals surface area contributed by atoms with Crippen LogP contribution < -0.4 is 11.5 Å². The third-order valence-electron chi connectivity index (χ3n) is 2.94. The van der Waals surface area contributed by atoms with E-state index in [0.29, 0.717) is 42.9 Å². The van der Waals surface area contributed by atoms with Gasteiger partial charge in [0.15, 0.2) is 0 Å². The molecule has 0 radical (unpaired) electrons. The van der Waals surface area contributed by atoms with Crippen LogP contribution >= 0.6 is 0 Å². The number of anilines is 2. The lowest BCUT2D eigenvalue weighted by molar-refractivity contribution is -0.120. The summed E-state index contributed by atoms with van der Waals surface area (Å²) in [5, 5.41) is 0. The van der Waals surface area contributed by atoms with E-state index < -0.39 is 0 Å². The molecule has 5 heteroatoms. The molecule has 1 aromatic carbocycles. The summed E-state index contributed by atoms with van der Waals surface area (Å²) in [4.78, 5) is 24.9. The molecule has 1 amide bonds. The van der Waals surface area contributed by atoms with E-state index in [4.69, 9.17) is 11.5 Å². The third kappa shape index (κ3) is 2.38. The number of nitrogens with two attached hydrogens (primary N) is 2. The van der Waals surface area contributed by atoms with Crippen LogP contribution in [-0.2, 0) is 4.79 Å². The molecule has 4 N–H and O–H groups in total. The van der Waals surface area contributed by atoms with Gasteiger partial charge in [-0.1, -0.05) is 0 Å². The van der Waals surface area contributed by atoms with Crippen molar-refractivity contribution in [3.63, 3.8) is 0 Å². The summed E-state index contributed by atoms with van der Waals surface area (Å²) in [6, 6.07) is 4.86. The van der Waals surface area contributed by atoms with E-state index in [9.17, 15) is 9.59 Å². The average Bonchev–Trinajstić information content (AvgIpc) is 2.33. The van der Waals surface area contributed by atoms with E-state index in [-0.39, 0.29) is 11.7 Å². The number of hydrogen-bond acceptors (Lipinski definition) is 4. The maximum Gasteiger partial charge on any atom is 0.253 e. The topological polar surface area (TPSA) is 89.4 Å². The molecule has 0 spiro atoms. The van der Waals surface area contributed by atoms with Gasteiger partial charge in [0.05, 0.1) is 11.4 Å². The smallest absolute Gasteiger partial charge is 0.253 e. The van der Waals surface area contributed by atoms with Crippen molar-refractivity contribution in [2.45, 2.75) is 12.8 Å². The fourth-order valence-electron chi connectivity index (χ4n) is 1.85. The van der Waals surface area contributed by atoms with Crippen LogP contribution in [0.15, 0.2) is 18.2 Å². The highest BCUT2D eigenvalue weighted by molar-refractivity contribution is 5.97. The number of nitrogens with zero attached hydrogens (tertiary/aromatic N) is 1. The largest absolute Gasteiger partial charge is 0.397 e. The van der Waals surface area contributed by atoms with Crippen molar-refractivity contribution in [2.24, 2.45) is 0 Å². The van der Waals surface area contributed by atoms with Crippen molar-refractivity contribution in [3.8, 4) is 0 Å². The Labute approximate surface area is 99.4 Å². The summed E-state index contributed by atoms with van der Waals surface area (Å²) < 4.78 is 0. The third-order valence-corrected chi connectivity index (χ3v) is 2.94. The van der Waals surface area contributed by atoms with E-state index in [1.54, 1.807) is 23.1 Å². The van der Waals surface area contributed by atoms with Gasteiger partial charge in [-0.15, -0.1) is 0 Å². The predicted octanol–water partition coefficient (Wildman–Crippen LogP) is 0.656. The molecule has 2 rings (SSSR count). The van der Waals surface area contributed by atoms with Crippen molar-refractivity contribution < 1.29 is 9.59 Å². The second-order valence-corrected chi connectivity index (χ2v) is 4.17. The summed E-state index contributed by atoms with van der Waals surface area (Å²) in [6.45, 7) is 0.976. The first-order valence-electron chi connectivity index (χ1n) is 5.54. The number of Topliss-reactive ketones (excluding diaryl/α,β-unsaturated/α-hetero) is 1. The van der Waals surface area contributed by atoms with Gasteiger partial charge in [-0.25, -0.2) is 0 Å². The Bertz CT molecular complexity index is 461. The van der Waals surface area contributed by atoms with E-state index in [1.807, 2.05) is 0 Å². The molecule has 1 aliphatic heterocycles. The predicted molar refractivity (Wildman–Crippen MR) is 65.4 cm³/mol. The Hall–Kier alpha value is -2.04. The van der Waals surface area contributed by atoms with Gasteiger partial charge in [0.2, 0.25) is 0 Å². The molecule has 17 heavy (non-hydrogen) atoms. The van der Waals surface area contributed by atoms with Crippen LogP contribution in [0.2, 0.25) is 0 Å². The normalized spacial score (nSPS) is 16.0. The van der Waals surface area contributed by atoms with Gasteiger partial charge in [0.25, 0.3) is 5.91 Å². The minimum atomic E-state index is -0.0933. The number of carbonyl (C=O) groups excluding carboxylic acids is 2. The van der Waals surface area contributed by atoms with Crippen molar-refractivity contribution in [2.75, 3.05) is 24.6 Å². The number of piperidine rings is 1. The Morgan fingerprint density at radius 3 is 2.35 bits per heavy atom. The summed E-state index contributed by atoms with van der Waals surface area (Å²) >= 11 is 0. The number of amides is 1. The fraction of sp³-hybridized carbons (Fsp3) is 0.333. The number of nitrogen functional groups attached to an aromatic ring is 2. The Morgan fingerprint density at radius 2 is 1.76 bits per heavy atom. The first-order valence-corrected chi connectivity index (χ1v) is 5.54. The Balaban J connectivity index is 2.14. The van der Waals surface area contributed by atoms with Crippen LogP contribution in [0.4, 0.5) is 11.4 Å². The van der Waals surface area contributed by atoms with Crippen LogP contribution in [0.3, 0.4) is 0 Å². The molecule has 0 unspecified atom stereocenters. The summed E-state index contributed by atoms with van der Waals surface area (Å²) in [6.07, 6.45) is 0.881. The number of benzene rings is 1. The van der Waals surface area contributed by atoms with Crippen LogP contribution in [0.5, 0.6) is 0 Å². The molecule has 1 aromatic rings. The highest BCUT2D eigenvalue weighted by atomic mass is 16.2. The molecule has 0 atom stereocenters. The minimum absolute atomic E-state index is 0.0933. The zero-order valence-corrected chi connectivity index (χ0v) is 9.48. The molecular weight excluding hydrogens is 218 g/mol. The first kappa shape index (κ1) is 11.4. The number of hydrogen-bond donors (Lipinski definition) is 2. The lowest BCUT2D eigenvalue weighted by Crippen LogP contribution is -2.38. The van der Waals surface area contributed by atoms with Gasteiger partial charge in [-0.3, -0.25) is 9.59 Å². The highest BCUT2D eigenvalue weighted by Crippen LogP contribution is 2.18. The number of carbonyl (C=O) groups is 2. The molecule has 1 heterocycles. The van der Waals surface area contributed by atoms with Gasteiger partial charge in [0, 0.05) is 31.5 Å². The molecule has 1 saturated heterocycles. The van der Waals surface area contributed by atoms with E-state index in [0.717, 1.165) is 0 Å². The van der Waals surface area contributed by atoms with Crippen LogP contribution in [0.1, 0.15) is 23.2 Å². The van der Waals surface area contributed by atoms with Crippen molar-refractivity contribution >= 4 is 23.1 Å². The average molecular weight is 233 g/mol. The molecule has 1 aliphatic rings. The van der Waals surface area contributed by atoms with Gasteiger partial charge < -0.3 is 16.4 Å². The lowest BCUT2D eigenvalue weighted by Gasteiger charge is -2.26. The van der Waals surface area contributed by atoms with Crippen molar-refractivity contribution in [1.29, 1.82) is 0 Å². The second-order valence-electron chi connectivity index (χ2n) is 4.17. The SMILES string of the molecule is Nc1ccc(C(=O)N2CCC(=O)CC2)cc1N. The lowest BCUT2D eigenvalue weighted by atomic mass is 10.1. The zero-order valence-electron chi connectivity index (χ0n) is 9.48. The number of ketones is 1. The molecule has 0 saturated carbocycles. The summed E-state index contributed by atoms with van der Waals surface area (Å²) in [7, 11) is 0. The monoisotopic (exact) mass is 233 g/mol. The first-order chi connectivity index (χ1) is 8.08. The quantitative estimate of drug-likeness (QED) is 0.697. The summed E-state index contributed by atoms with van der Waals surface area (Å²) in [5.74, 6) is 0.120. The maximum absolute atomic E-state index is 12.1. The molecule has 5 nitrogen and oxygen atoms in total. The fourth-order valence-corrected chi connectivity index (χ4v) is 1.85. The molecule has 0 aliphatic carbocycles. The number of rotatable bonds is 1. The molecule has 0 aromatic heterocycles. The van der Waals surface area contributed by atoms with E-state index in [1.165, 1.54) is 0 Å². The maximum atomic E-state index is 12.1. The van der Waals surface area contributed by atoms with Crippen LogP contribution in [0, 0.1) is 0 Å². The van der Waals surface area contributed by atoms with Gasteiger partial charge >= 0.3 is 0 Å². The van der Waals surface area contributed by atoms with Crippen LogP contribution in [0.25, 0.3) is 0 Å².